The number of hydrogen-bond acceptors (Lipinski definition) is 3. The Labute approximate surface area is 108 Å². The lowest BCUT2D eigenvalue weighted by molar-refractivity contribution is -0.113. The molecule has 0 heterocycles. The van der Waals surface area contributed by atoms with Gasteiger partial charge < -0.3 is 11.1 Å². The van der Waals surface area contributed by atoms with Gasteiger partial charge in [0.05, 0.1) is 11.4 Å². The number of nitrogens with two attached hydrogens (primary N) is 1. The Bertz CT molecular complexity index is 358. The molecule has 0 aliphatic carbocycles. The van der Waals surface area contributed by atoms with Gasteiger partial charge in [0.15, 0.2) is 0 Å². The largest absolute Gasteiger partial charge is 0.327 e. The number of anilines is 1. The van der Waals surface area contributed by atoms with Gasteiger partial charge in [0.25, 0.3) is 0 Å². The second-order valence-electron chi connectivity index (χ2n) is 3.52. The number of benzene rings is 1. The predicted molar refractivity (Wildman–Crippen MR) is 73.7 cm³/mol. The summed E-state index contributed by atoms with van der Waals surface area (Å²) >= 11 is 4.92. The first-order valence-corrected chi connectivity index (χ1v) is 6.92. The van der Waals surface area contributed by atoms with Crippen LogP contribution in [0.4, 0.5) is 5.69 Å². The summed E-state index contributed by atoms with van der Waals surface area (Å²) in [5.74, 6) is 1.23. The molecule has 16 heavy (non-hydrogen) atoms. The Kier molecular flexibility index (Phi) is 5.87. The fourth-order valence-electron chi connectivity index (χ4n) is 1.09. The SMILES string of the molecule is CC(N)CSCC(=O)Nc1ccccc1Br. The average molecular weight is 303 g/mol. The molecule has 0 bridgehead atoms. The maximum Gasteiger partial charge on any atom is 0.234 e. The molecule has 88 valence electrons. The maximum atomic E-state index is 11.6. The van der Waals surface area contributed by atoms with Gasteiger partial charge >= 0.3 is 0 Å². The highest BCUT2D eigenvalue weighted by Gasteiger charge is 2.05. The Morgan fingerprint density at radius 1 is 1.56 bits per heavy atom. The molecule has 1 aromatic rings. The summed E-state index contributed by atoms with van der Waals surface area (Å²) in [6, 6.07) is 7.67. The highest BCUT2D eigenvalue weighted by molar-refractivity contribution is 9.10. The van der Waals surface area contributed by atoms with Gasteiger partial charge in [-0.25, -0.2) is 0 Å². The number of hydrogen-bond donors (Lipinski definition) is 2. The van der Waals surface area contributed by atoms with Gasteiger partial charge in [-0.05, 0) is 35.0 Å². The van der Waals surface area contributed by atoms with Crippen LogP contribution < -0.4 is 11.1 Å². The maximum absolute atomic E-state index is 11.6. The molecular weight excluding hydrogens is 288 g/mol. The van der Waals surface area contributed by atoms with Crippen molar-refractivity contribution in [2.75, 3.05) is 16.8 Å². The molecule has 1 unspecified atom stereocenters. The second kappa shape index (κ2) is 6.93. The van der Waals surface area contributed by atoms with E-state index in [1.54, 1.807) is 11.8 Å². The lowest BCUT2D eigenvalue weighted by atomic mass is 10.3. The summed E-state index contributed by atoms with van der Waals surface area (Å²) in [6.07, 6.45) is 0. The third-order valence-electron chi connectivity index (χ3n) is 1.76. The fraction of sp³-hybridized carbons (Fsp3) is 0.364. The molecule has 0 spiro atoms. The Morgan fingerprint density at radius 3 is 2.88 bits per heavy atom. The van der Waals surface area contributed by atoms with Crippen molar-refractivity contribution in [1.82, 2.24) is 0 Å². The van der Waals surface area contributed by atoms with Crippen molar-refractivity contribution >= 4 is 39.3 Å². The third-order valence-corrected chi connectivity index (χ3v) is 3.68. The van der Waals surface area contributed by atoms with Crippen LogP contribution in [-0.2, 0) is 4.79 Å². The van der Waals surface area contributed by atoms with Crippen LogP contribution in [-0.4, -0.2) is 23.5 Å². The standard InChI is InChI=1S/C11H15BrN2OS/c1-8(13)6-16-7-11(15)14-10-5-3-2-4-9(10)12/h2-5,8H,6-7,13H2,1H3,(H,14,15). The zero-order chi connectivity index (χ0) is 12.0. The van der Waals surface area contributed by atoms with Gasteiger partial charge in [-0.15, -0.1) is 0 Å². The minimum absolute atomic E-state index is 0.00227. The summed E-state index contributed by atoms with van der Waals surface area (Å²) in [5, 5.41) is 2.84. The van der Waals surface area contributed by atoms with Crippen molar-refractivity contribution in [2.45, 2.75) is 13.0 Å². The predicted octanol–water partition coefficient (Wildman–Crippen LogP) is 2.47. The Hall–Kier alpha value is -0.520. The van der Waals surface area contributed by atoms with Gasteiger partial charge in [-0.2, -0.15) is 11.8 Å². The highest BCUT2D eigenvalue weighted by atomic mass is 79.9. The monoisotopic (exact) mass is 302 g/mol. The third kappa shape index (κ3) is 5.01. The van der Waals surface area contributed by atoms with Crippen molar-refractivity contribution in [1.29, 1.82) is 0 Å². The first kappa shape index (κ1) is 13.5. The minimum atomic E-state index is -0.00227. The number of amides is 1. The van der Waals surface area contributed by atoms with Gasteiger partial charge in [0.2, 0.25) is 5.91 Å². The van der Waals surface area contributed by atoms with E-state index in [-0.39, 0.29) is 11.9 Å². The van der Waals surface area contributed by atoms with E-state index in [9.17, 15) is 4.79 Å². The van der Waals surface area contributed by atoms with Gasteiger partial charge in [-0.3, -0.25) is 4.79 Å². The summed E-state index contributed by atoms with van der Waals surface area (Å²) in [7, 11) is 0. The number of halogens is 1. The molecule has 1 rings (SSSR count). The van der Waals surface area contributed by atoms with Crippen molar-refractivity contribution in [3.63, 3.8) is 0 Å². The number of rotatable bonds is 5. The van der Waals surface area contributed by atoms with E-state index in [1.165, 1.54) is 0 Å². The van der Waals surface area contributed by atoms with E-state index >= 15 is 0 Å². The van der Waals surface area contributed by atoms with Crippen molar-refractivity contribution < 1.29 is 4.79 Å². The summed E-state index contributed by atoms with van der Waals surface area (Å²) in [6.45, 7) is 1.93. The van der Waals surface area contributed by atoms with E-state index in [2.05, 4.69) is 21.2 Å². The van der Waals surface area contributed by atoms with E-state index in [4.69, 9.17) is 5.73 Å². The van der Waals surface area contributed by atoms with Crippen LogP contribution in [0.25, 0.3) is 0 Å². The summed E-state index contributed by atoms with van der Waals surface area (Å²) < 4.78 is 0.889. The van der Waals surface area contributed by atoms with Crippen LogP contribution >= 0.6 is 27.7 Å². The molecule has 0 aliphatic rings. The molecule has 0 saturated carbocycles. The summed E-state index contributed by atoms with van der Waals surface area (Å²) in [4.78, 5) is 11.6. The molecule has 1 atom stereocenters. The topological polar surface area (TPSA) is 55.1 Å². The number of carbonyl (C=O) groups is 1. The summed E-state index contributed by atoms with van der Waals surface area (Å²) in [5.41, 5.74) is 6.40. The van der Waals surface area contributed by atoms with E-state index < -0.39 is 0 Å². The average Bonchev–Trinajstić information content (AvgIpc) is 2.21. The van der Waals surface area contributed by atoms with Crippen LogP contribution in [0.5, 0.6) is 0 Å². The number of nitrogens with one attached hydrogen (secondary N) is 1. The van der Waals surface area contributed by atoms with Crippen molar-refractivity contribution in [2.24, 2.45) is 5.73 Å². The van der Waals surface area contributed by atoms with Gasteiger partial charge in [0, 0.05) is 16.3 Å². The molecule has 0 aliphatic heterocycles. The highest BCUT2D eigenvalue weighted by Crippen LogP contribution is 2.21. The molecule has 0 aromatic heterocycles. The normalized spacial score (nSPS) is 12.2. The minimum Gasteiger partial charge on any atom is -0.327 e. The van der Waals surface area contributed by atoms with Crippen molar-refractivity contribution in [3.8, 4) is 0 Å². The first-order valence-electron chi connectivity index (χ1n) is 4.97. The van der Waals surface area contributed by atoms with Crippen LogP contribution in [0.2, 0.25) is 0 Å². The van der Waals surface area contributed by atoms with E-state index in [0.717, 1.165) is 15.9 Å². The lowest BCUT2D eigenvalue weighted by Gasteiger charge is -2.07. The number of carbonyl (C=O) groups excluding carboxylic acids is 1. The zero-order valence-electron chi connectivity index (χ0n) is 9.07. The first-order chi connectivity index (χ1) is 7.59. The molecule has 0 fully saturated rings. The van der Waals surface area contributed by atoms with Crippen LogP contribution in [0.3, 0.4) is 0 Å². The number of thioether (sulfide) groups is 1. The molecule has 5 heteroatoms. The van der Waals surface area contributed by atoms with Gasteiger partial charge in [-0.1, -0.05) is 12.1 Å². The Morgan fingerprint density at radius 2 is 2.25 bits per heavy atom. The smallest absolute Gasteiger partial charge is 0.234 e. The quantitative estimate of drug-likeness (QED) is 0.878. The Balaban J connectivity index is 2.37. The molecule has 0 radical (unpaired) electrons. The molecule has 3 nitrogen and oxygen atoms in total. The lowest BCUT2D eigenvalue weighted by Crippen LogP contribution is -2.20. The van der Waals surface area contributed by atoms with Crippen molar-refractivity contribution in [3.05, 3.63) is 28.7 Å². The molecule has 1 aromatic carbocycles. The number of para-hydroxylation sites is 1. The zero-order valence-corrected chi connectivity index (χ0v) is 11.5. The molecular formula is C11H15BrN2OS. The molecule has 1 amide bonds. The molecule has 3 N–H and O–H groups in total. The molecule has 0 saturated heterocycles. The van der Waals surface area contributed by atoms with Crippen LogP contribution in [0.1, 0.15) is 6.92 Å². The fourth-order valence-corrected chi connectivity index (χ4v) is 2.22. The second-order valence-corrected chi connectivity index (χ2v) is 5.41. The van der Waals surface area contributed by atoms with E-state index in [0.29, 0.717) is 5.75 Å². The van der Waals surface area contributed by atoms with Gasteiger partial charge in [0.1, 0.15) is 0 Å². The van der Waals surface area contributed by atoms with Crippen LogP contribution in [0, 0.1) is 0 Å². The van der Waals surface area contributed by atoms with Crippen LogP contribution in [0.15, 0.2) is 28.7 Å². The van der Waals surface area contributed by atoms with E-state index in [1.807, 2.05) is 31.2 Å².